The SMILES string of the molecule is c1ccc(-c2ccc(N(c3ccccc3)c3ccc4sc5ccc(C6(c7ccccc7)c7ccccc7-c7ccccc76)cc5c4c3)cc2)cc1. The monoisotopic (exact) mass is 667 g/mol. The van der Waals surface area contributed by atoms with Crippen LogP contribution in [0.1, 0.15) is 22.3 Å². The second-order valence-corrected chi connectivity index (χ2v) is 14.4. The molecule has 1 aliphatic rings. The topological polar surface area (TPSA) is 3.24 Å². The summed E-state index contributed by atoms with van der Waals surface area (Å²) in [6.07, 6.45) is 0. The van der Waals surface area contributed by atoms with Gasteiger partial charge in [0.2, 0.25) is 0 Å². The Morgan fingerprint density at radius 3 is 1.51 bits per heavy atom. The Morgan fingerprint density at radius 2 is 0.843 bits per heavy atom. The van der Waals surface area contributed by atoms with Crippen molar-refractivity contribution in [2.24, 2.45) is 0 Å². The minimum absolute atomic E-state index is 0.426. The minimum Gasteiger partial charge on any atom is -0.310 e. The molecule has 2 heteroatoms. The lowest BCUT2D eigenvalue weighted by Crippen LogP contribution is -2.28. The molecule has 1 aliphatic carbocycles. The molecule has 240 valence electrons. The second-order valence-electron chi connectivity index (χ2n) is 13.3. The van der Waals surface area contributed by atoms with E-state index in [9.17, 15) is 0 Å². The summed E-state index contributed by atoms with van der Waals surface area (Å²) in [5, 5.41) is 2.57. The van der Waals surface area contributed by atoms with Gasteiger partial charge in [0.15, 0.2) is 0 Å². The highest BCUT2D eigenvalue weighted by Gasteiger charge is 2.45. The van der Waals surface area contributed by atoms with Gasteiger partial charge in [-0.1, -0.05) is 146 Å². The largest absolute Gasteiger partial charge is 0.310 e. The molecule has 1 aromatic heterocycles. The second kappa shape index (κ2) is 12.0. The van der Waals surface area contributed by atoms with E-state index < -0.39 is 5.41 Å². The van der Waals surface area contributed by atoms with Crippen LogP contribution in [0.3, 0.4) is 0 Å². The third-order valence-electron chi connectivity index (χ3n) is 10.6. The molecule has 0 radical (unpaired) electrons. The van der Waals surface area contributed by atoms with Gasteiger partial charge in [0.25, 0.3) is 0 Å². The number of benzene rings is 8. The van der Waals surface area contributed by atoms with E-state index in [2.05, 4.69) is 205 Å². The number of anilines is 3. The molecule has 0 fully saturated rings. The van der Waals surface area contributed by atoms with Crippen LogP contribution in [0.4, 0.5) is 17.1 Å². The maximum Gasteiger partial charge on any atom is 0.0713 e. The van der Waals surface area contributed by atoms with Crippen LogP contribution in [-0.4, -0.2) is 0 Å². The molecule has 10 rings (SSSR count). The molecule has 0 atom stereocenters. The van der Waals surface area contributed by atoms with Crippen molar-refractivity contribution >= 4 is 48.6 Å². The molecular weight excluding hydrogens is 635 g/mol. The summed E-state index contributed by atoms with van der Waals surface area (Å²) in [6, 6.07) is 73.4. The van der Waals surface area contributed by atoms with Crippen molar-refractivity contribution in [3.05, 3.63) is 222 Å². The van der Waals surface area contributed by atoms with Crippen molar-refractivity contribution in [3.8, 4) is 22.3 Å². The maximum atomic E-state index is 2.48. The molecule has 0 saturated carbocycles. The summed E-state index contributed by atoms with van der Waals surface area (Å²) in [4.78, 5) is 2.37. The van der Waals surface area contributed by atoms with Crippen LogP contribution < -0.4 is 4.90 Å². The lowest BCUT2D eigenvalue weighted by atomic mass is 9.67. The Labute approximate surface area is 302 Å². The fourth-order valence-corrected chi connectivity index (χ4v) is 9.37. The quantitative estimate of drug-likeness (QED) is 0.171. The first-order valence-electron chi connectivity index (χ1n) is 17.5. The van der Waals surface area contributed by atoms with Gasteiger partial charge in [-0.15, -0.1) is 11.3 Å². The van der Waals surface area contributed by atoms with Gasteiger partial charge >= 0.3 is 0 Å². The summed E-state index contributed by atoms with van der Waals surface area (Å²) in [7, 11) is 0. The standard InChI is InChI=1S/C49H33NS/c1-4-14-34(15-5-1)35-24-27-39(28-25-35)50(38-18-8-3-9-19-38)40-29-31-48-44(33-40)43-32-37(26-30-47(43)51-48)49(36-16-6-2-7-17-36)45-22-12-10-20-41(45)42-21-11-13-23-46(42)49/h1-33H. The number of rotatable bonds is 6. The molecule has 0 N–H and O–H groups in total. The zero-order valence-corrected chi connectivity index (χ0v) is 28.7. The summed E-state index contributed by atoms with van der Waals surface area (Å²) in [6.45, 7) is 0. The predicted octanol–water partition coefficient (Wildman–Crippen LogP) is 13.6. The Balaban J connectivity index is 1.17. The van der Waals surface area contributed by atoms with E-state index in [0.29, 0.717) is 0 Å². The van der Waals surface area contributed by atoms with Crippen molar-refractivity contribution in [2.45, 2.75) is 5.41 Å². The van der Waals surface area contributed by atoms with Crippen molar-refractivity contribution in [1.82, 2.24) is 0 Å². The van der Waals surface area contributed by atoms with E-state index in [-0.39, 0.29) is 0 Å². The van der Waals surface area contributed by atoms with Crippen LogP contribution in [0.25, 0.3) is 42.4 Å². The summed E-state index contributed by atoms with van der Waals surface area (Å²) < 4.78 is 2.59. The van der Waals surface area contributed by atoms with Crippen molar-refractivity contribution in [1.29, 1.82) is 0 Å². The fourth-order valence-electron chi connectivity index (χ4n) is 8.31. The van der Waals surface area contributed by atoms with Crippen LogP contribution in [0.2, 0.25) is 0 Å². The molecule has 0 bridgehead atoms. The highest BCUT2D eigenvalue weighted by atomic mass is 32.1. The normalized spacial score (nSPS) is 12.9. The molecule has 0 saturated heterocycles. The van der Waals surface area contributed by atoms with Crippen LogP contribution in [-0.2, 0) is 5.41 Å². The molecule has 8 aromatic carbocycles. The van der Waals surface area contributed by atoms with E-state index in [1.807, 2.05) is 11.3 Å². The molecule has 0 aliphatic heterocycles. The fraction of sp³-hybridized carbons (Fsp3) is 0.0204. The lowest BCUT2D eigenvalue weighted by Gasteiger charge is -2.34. The first kappa shape index (κ1) is 29.7. The molecule has 9 aromatic rings. The number of para-hydroxylation sites is 1. The predicted molar refractivity (Wildman–Crippen MR) is 217 cm³/mol. The smallest absolute Gasteiger partial charge is 0.0713 e. The first-order valence-corrected chi connectivity index (χ1v) is 18.3. The highest BCUT2D eigenvalue weighted by Crippen LogP contribution is 2.56. The van der Waals surface area contributed by atoms with Gasteiger partial charge in [0.1, 0.15) is 0 Å². The molecular formula is C49H33NS. The summed E-state index contributed by atoms with van der Waals surface area (Å²) >= 11 is 1.87. The number of thiophene rings is 1. The third kappa shape index (κ3) is 4.68. The molecule has 0 spiro atoms. The molecule has 0 unspecified atom stereocenters. The van der Waals surface area contributed by atoms with Crippen LogP contribution in [0, 0.1) is 0 Å². The van der Waals surface area contributed by atoms with E-state index >= 15 is 0 Å². The number of nitrogens with zero attached hydrogens (tertiary/aromatic N) is 1. The van der Waals surface area contributed by atoms with Gasteiger partial charge in [-0.05, 0) is 99.1 Å². The van der Waals surface area contributed by atoms with E-state index in [1.54, 1.807) is 0 Å². The lowest BCUT2D eigenvalue weighted by molar-refractivity contribution is 0.770. The molecule has 1 nitrogen and oxygen atoms in total. The van der Waals surface area contributed by atoms with Gasteiger partial charge in [-0.2, -0.15) is 0 Å². The van der Waals surface area contributed by atoms with Crippen molar-refractivity contribution in [2.75, 3.05) is 4.90 Å². The zero-order chi connectivity index (χ0) is 33.8. The zero-order valence-electron chi connectivity index (χ0n) is 27.9. The summed E-state index contributed by atoms with van der Waals surface area (Å²) in [5.74, 6) is 0. The Hall–Kier alpha value is -6.22. The van der Waals surface area contributed by atoms with E-state index in [1.165, 1.54) is 64.7 Å². The van der Waals surface area contributed by atoms with Gasteiger partial charge in [-0.25, -0.2) is 0 Å². The van der Waals surface area contributed by atoms with Gasteiger partial charge in [-0.3, -0.25) is 0 Å². The third-order valence-corrected chi connectivity index (χ3v) is 11.7. The average molecular weight is 668 g/mol. The van der Waals surface area contributed by atoms with Gasteiger partial charge in [0.05, 0.1) is 5.41 Å². The van der Waals surface area contributed by atoms with Crippen LogP contribution in [0.5, 0.6) is 0 Å². The van der Waals surface area contributed by atoms with Gasteiger partial charge < -0.3 is 4.90 Å². The van der Waals surface area contributed by atoms with E-state index in [4.69, 9.17) is 0 Å². The van der Waals surface area contributed by atoms with Crippen LogP contribution in [0.15, 0.2) is 200 Å². The summed E-state index contributed by atoms with van der Waals surface area (Å²) in [5.41, 5.74) is 13.3. The average Bonchev–Trinajstić information content (AvgIpc) is 3.73. The van der Waals surface area contributed by atoms with Crippen LogP contribution >= 0.6 is 11.3 Å². The molecule has 1 heterocycles. The van der Waals surface area contributed by atoms with Crippen molar-refractivity contribution < 1.29 is 0 Å². The Morgan fingerprint density at radius 1 is 0.353 bits per heavy atom. The minimum atomic E-state index is -0.426. The molecule has 0 amide bonds. The maximum absolute atomic E-state index is 2.48. The highest BCUT2D eigenvalue weighted by molar-refractivity contribution is 7.25. The number of hydrogen-bond acceptors (Lipinski definition) is 2. The van der Waals surface area contributed by atoms with Crippen molar-refractivity contribution in [3.63, 3.8) is 0 Å². The number of hydrogen-bond donors (Lipinski definition) is 0. The Kier molecular flexibility index (Phi) is 6.97. The Bertz CT molecular complexity index is 2630. The first-order chi connectivity index (χ1) is 25.3. The van der Waals surface area contributed by atoms with E-state index in [0.717, 1.165) is 17.1 Å². The molecule has 51 heavy (non-hydrogen) atoms. The van der Waals surface area contributed by atoms with Gasteiger partial charge in [0, 0.05) is 37.2 Å². The number of fused-ring (bicyclic) bond motifs is 6.